The van der Waals surface area contributed by atoms with Crippen LogP contribution in [0.25, 0.3) is 0 Å². The number of imide groups is 1. The van der Waals surface area contributed by atoms with Crippen molar-refractivity contribution >= 4 is 35.2 Å². The van der Waals surface area contributed by atoms with Crippen LogP contribution in [-0.4, -0.2) is 71.5 Å². The molecule has 2 unspecified atom stereocenters. The SMILES string of the molecule is CCN1C(=O)C2C(N=C3N(c4ccc(Cl)cc4)CCN32)N(C)C1=O. The smallest absolute Gasteiger partial charge is 0.325 e. The second-order valence-electron chi connectivity index (χ2n) is 6.08. The molecular weight excluding hydrogens is 330 g/mol. The highest BCUT2D eigenvalue weighted by Gasteiger charge is 2.54. The molecule has 0 radical (unpaired) electrons. The van der Waals surface area contributed by atoms with Crippen LogP contribution in [0.2, 0.25) is 5.02 Å². The van der Waals surface area contributed by atoms with Gasteiger partial charge in [-0.05, 0) is 31.2 Å². The molecule has 2 atom stereocenters. The number of guanidine groups is 1. The Morgan fingerprint density at radius 3 is 2.58 bits per heavy atom. The van der Waals surface area contributed by atoms with E-state index in [1.807, 2.05) is 36.1 Å². The van der Waals surface area contributed by atoms with Gasteiger partial charge in [0, 0.05) is 37.4 Å². The van der Waals surface area contributed by atoms with Gasteiger partial charge in [0.25, 0.3) is 5.91 Å². The summed E-state index contributed by atoms with van der Waals surface area (Å²) in [6, 6.07) is 6.83. The number of likely N-dealkylation sites (N-methyl/N-ethyl adjacent to an activating group) is 2. The molecule has 0 spiro atoms. The van der Waals surface area contributed by atoms with Gasteiger partial charge < -0.3 is 14.7 Å². The molecule has 2 saturated heterocycles. The molecule has 0 bridgehead atoms. The van der Waals surface area contributed by atoms with Crippen molar-refractivity contribution in [2.75, 3.05) is 31.6 Å². The van der Waals surface area contributed by atoms with Crippen LogP contribution in [0.4, 0.5) is 10.5 Å². The van der Waals surface area contributed by atoms with E-state index in [9.17, 15) is 9.59 Å². The maximum absolute atomic E-state index is 12.8. The minimum Gasteiger partial charge on any atom is -0.325 e. The first-order chi connectivity index (χ1) is 11.5. The number of hydrogen-bond donors (Lipinski definition) is 0. The number of carbonyl (C=O) groups is 2. The zero-order chi connectivity index (χ0) is 17.0. The van der Waals surface area contributed by atoms with Crippen LogP contribution in [-0.2, 0) is 4.79 Å². The van der Waals surface area contributed by atoms with Gasteiger partial charge in [-0.25, -0.2) is 9.79 Å². The summed E-state index contributed by atoms with van der Waals surface area (Å²) in [5.41, 5.74) is 0.980. The zero-order valence-electron chi connectivity index (χ0n) is 13.5. The standard InChI is InChI=1S/C16H18ClN5O2/c1-3-20-14(23)12-13(19(2)16(20)24)18-15-21(8-9-22(12)15)11-6-4-10(17)5-7-11/h4-7,12-13H,3,8-9H2,1-2H3. The highest BCUT2D eigenvalue weighted by molar-refractivity contribution is 6.30. The minimum absolute atomic E-state index is 0.165. The third-order valence-electron chi connectivity index (χ3n) is 4.83. The molecule has 0 aliphatic carbocycles. The molecule has 0 N–H and O–H groups in total. The topological polar surface area (TPSA) is 59.5 Å². The normalized spacial score (nSPS) is 26.0. The minimum atomic E-state index is -0.460. The Balaban J connectivity index is 1.69. The van der Waals surface area contributed by atoms with Crippen LogP contribution in [0.5, 0.6) is 0 Å². The Labute approximate surface area is 145 Å². The second kappa shape index (κ2) is 5.37. The molecule has 3 aliphatic rings. The zero-order valence-corrected chi connectivity index (χ0v) is 14.3. The van der Waals surface area contributed by atoms with Crippen LogP contribution < -0.4 is 4.90 Å². The van der Waals surface area contributed by atoms with Crippen molar-refractivity contribution in [1.29, 1.82) is 0 Å². The van der Waals surface area contributed by atoms with Gasteiger partial charge in [0.2, 0.25) is 5.96 Å². The summed E-state index contributed by atoms with van der Waals surface area (Å²) in [5.74, 6) is 0.584. The first-order valence-electron chi connectivity index (χ1n) is 7.98. The number of aliphatic imine (C=N–C) groups is 1. The van der Waals surface area contributed by atoms with E-state index in [0.717, 1.165) is 18.2 Å². The van der Waals surface area contributed by atoms with Crippen molar-refractivity contribution in [3.05, 3.63) is 29.3 Å². The van der Waals surface area contributed by atoms with Crippen molar-refractivity contribution in [2.45, 2.75) is 19.1 Å². The van der Waals surface area contributed by atoms with Crippen molar-refractivity contribution in [1.82, 2.24) is 14.7 Å². The van der Waals surface area contributed by atoms with Crippen molar-refractivity contribution in [3.63, 3.8) is 0 Å². The number of benzene rings is 1. The van der Waals surface area contributed by atoms with Crippen molar-refractivity contribution in [3.8, 4) is 0 Å². The summed E-state index contributed by atoms with van der Waals surface area (Å²) in [6.07, 6.45) is -0.460. The summed E-state index contributed by atoms with van der Waals surface area (Å²) >= 11 is 5.96. The Kier molecular flexibility index (Phi) is 3.42. The van der Waals surface area contributed by atoms with Crippen LogP contribution in [0.1, 0.15) is 6.92 Å². The van der Waals surface area contributed by atoms with Crippen LogP contribution in [0.15, 0.2) is 29.3 Å². The summed E-state index contributed by atoms with van der Waals surface area (Å²) in [5, 5.41) is 0.677. The summed E-state index contributed by atoms with van der Waals surface area (Å²) in [7, 11) is 1.70. The van der Waals surface area contributed by atoms with Crippen molar-refractivity contribution in [2.24, 2.45) is 4.99 Å². The van der Waals surface area contributed by atoms with Gasteiger partial charge in [0.05, 0.1) is 0 Å². The Morgan fingerprint density at radius 2 is 1.92 bits per heavy atom. The molecule has 3 heterocycles. The summed E-state index contributed by atoms with van der Waals surface area (Å²) in [4.78, 5) is 36.7. The highest BCUT2D eigenvalue weighted by Crippen LogP contribution is 2.33. The number of anilines is 1. The van der Waals surface area contributed by atoms with Crippen LogP contribution >= 0.6 is 11.6 Å². The lowest BCUT2D eigenvalue weighted by Crippen LogP contribution is -2.64. The van der Waals surface area contributed by atoms with E-state index in [-0.39, 0.29) is 11.9 Å². The molecule has 4 rings (SSSR count). The molecule has 0 aromatic heterocycles. The lowest BCUT2D eigenvalue weighted by molar-refractivity contribution is -0.137. The third-order valence-corrected chi connectivity index (χ3v) is 5.08. The van der Waals surface area contributed by atoms with Gasteiger partial charge in [-0.3, -0.25) is 9.69 Å². The fraction of sp³-hybridized carbons (Fsp3) is 0.438. The van der Waals surface area contributed by atoms with E-state index in [4.69, 9.17) is 16.6 Å². The molecule has 3 amide bonds. The van der Waals surface area contributed by atoms with Gasteiger partial charge in [-0.2, -0.15) is 0 Å². The second-order valence-corrected chi connectivity index (χ2v) is 6.52. The molecular formula is C16H18ClN5O2. The Morgan fingerprint density at radius 1 is 1.21 bits per heavy atom. The maximum atomic E-state index is 12.8. The number of urea groups is 1. The molecule has 24 heavy (non-hydrogen) atoms. The van der Waals surface area contributed by atoms with Gasteiger partial charge in [-0.1, -0.05) is 11.6 Å². The number of nitrogens with zero attached hydrogens (tertiary/aromatic N) is 5. The third kappa shape index (κ3) is 2.00. The van der Waals surface area contributed by atoms with E-state index in [0.29, 0.717) is 18.1 Å². The van der Waals surface area contributed by atoms with Crippen LogP contribution in [0.3, 0.4) is 0 Å². The molecule has 1 aromatic carbocycles. The van der Waals surface area contributed by atoms with E-state index >= 15 is 0 Å². The van der Waals surface area contributed by atoms with Gasteiger partial charge in [-0.15, -0.1) is 0 Å². The lowest BCUT2D eigenvalue weighted by atomic mass is 10.1. The fourth-order valence-corrected chi connectivity index (χ4v) is 3.72. The maximum Gasteiger partial charge on any atom is 0.328 e. The first kappa shape index (κ1) is 15.3. The predicted octanol–water partition coefficient (Wildman–Crippen LogP) is 1.44. The van der Waals surface area contributed by atoms with E-state index in [2.05, 4.69) is 4.90 Å². The number of rotatable bonds is 2. The number of amides is 3. The van der Waals surface area contributed by atoms with E-state index in [1.54, 1.807) is 11.9 Å². The Hall–Kier alpha value is -2.28. The molecule has 0 saturated carbocycles. The van der Waals surface area contributed by atoms with E-state index < -0.39 is 12.2 Å². The molecule has 3 aliphatic heterocycles. The van der Waals surface area contributed by atoms with Crippen LogP contribution in [0, 0.1) is 0 Å². The fourth-order valence-electron chi connectivity index (χ4n) is 3.59. The lowest BCUT2D eigenvalue weighted by Gasteiger charge is -2.40. The van der Waals surface area contributed by atoms with Crippen molar-refractivity contribution < 1.29 is 9.59 Å². The number of hydrogen-bond acceptors (Lipinski definition) is 5. The molecule has 126 valence electrons. The average Bonchev–Trinajstić information content (AvgIpc) is 3.13. The molecule has 7 nitrogen and oxygen atoms in total. The molecule has 8 heteroatoms. The summed E-state index contributed by atoms with van der Waals surface area (Å²) < 4.78 is 0. The number of halogens is 1. The molecule has 2 fully saturated rings. The highest BCUT2D eigenvalue weighted by atomic mass is 35.5. The summed E-state index contributed by atoms with van der Waals surface area (Å²) in [6.45, 7) is 3.63. The first-order valence-corrected chi connectivity index (χ1v) is 8.36. The average molecular weight is 348 g/mol. The van der Waals surface area contributed by atoms with Gasteiger partial charge >= 0.3 is 6.03 Å². The molecule has 1 aromatic rings. The largest absolute Gasteiger partial charge is 0.328 e. The Bertz CT molecular complexity index is 734. The number of carbonyl (C=O) groups excluding carboxylic acids is 2. The predicted molar refractivity (Wildman–Crippen MR) is 91.1 cm³/mol. The number of fused-ring (bicyclic) bond motifs is 3. The quantitative estimate of drug-likeness (QED) is 0.812. The van der Waals surface area contributed by atoms with E-state index in [1.165, 1.54) is 4.90 Å². The monoisotopic (exact) mass is 347 g/mol. The van der Waals surface area contributed by atoms with Gasteiger partial charge in [0.1, 0.15) is 0 Å². The van der Waals surface area contributed by atoms with Gasteiger partial charge in [0.15, 0.2) is 12.2 Å².